The highest BCUT2D eigenvalue weighted by Gasteiger charge is 2.28. The Hall–Kier alpha value is -2.12. The number of ether oxygens (including phenoxy) is 1. The van der Waals surface area contributed by atoms with Gasteiger partial charge in [0.05, 0.1) is 6.61 Å². The van der Waals surface area contributed by atoms with E-state index in [-0.39, 0.29) is 11.8 Å². The lowest BCUT2D eigenvalue weighted by atomic mass is 9.90. The fourth-order valence-corrected chi connectivity index (χ4v) is 3.57. The van der Waals surface area contributed by atoms with Gasteiger partial charge in [0, 0.05) is 64.4 Å². The zero-order valence-electron chi connectivity index (χ0n) is 16.3. The van der Waals surface area contributed by atoms with Crippen molar-refractivity contribution in [3.8, 4) is 0 Å². The van der Waals surface area contributed by atoms with Crippen LogP contribution in [-0.2, 0) is 9.53 Å². The van der Waals surface area contributed by atoms with Crippen LogP contribution < -0.4 is 16.0 Å². The van der Waals surface area contributed by atoms with Gasteiger partial charge in [0.25, 0.3) is 0 Å². The number of benzene rings is 1. The molecule has 1 unspecified atom stereocenters. The SMILES string of the molecule is CN=C(NCCN(CCOC)C1CC1)NCC1CC(=O)Nc2ccccc21. The van der Waals surface area contributed by atoms with Crippen molar-refractivity contribution in [3.63, 3.8) is 0 Å². The van der Waals surface area contributed by atoms with Gasteiger partial charge in [0.2, 0.25) is 5.91 Å². The molecule has 27 heavy (non-hydrogen) atoms. The maximum Gasteiger partial charge on any atom is 0.225 e. The lowest BCUT2D eigenvalue weighted by Crippen LogP contribution is -2.44. The van der Waals surface area contributed by atoms with E-state index in [2.05, 4.69) is 31.9 Å². The van der Waals surface area contributed by atoms with Gasteiger partial charge in [-0.15, -0.1) is 0 Å². The Kier molecular flexibility index (Phi) is 7.06. The van der Waals surface area contributed by atoms with E-state index in [4.69, 9.17) is 4.74 Å². The van der Waals surface area contributed by atoms with Gasteiger partial charge in [-0.2, -0.15) is 0 Å². The monoisotopic (exact) mass is 373 g/mol. The second-order valence-electron chi connectivity index (χ2n) is 7.18. The maximum atomic E-state index is 12.0. The third-order valence-corrected chi connectivity index (χ3v) is 5.18. The molecule has 1 fully saturated rings. The molecule has 0 spiro atoms. The molecule has 3 N–H and O–H groups in total. The topological polar surface area (TPSA) is 78.0 Å². The molecule has 7 heteroatoms. The minimum atomic E-state index is 0.0710. The van der Waals surface area contributed by atoms with Gasteiger partial charge < -0.3 is 20.7 Å². The summed E-state index contributed by atoms with van der Waals surface area (Å²) in [4.78, 5) is 18.7. The van der Waals surface area contributed by atoms with Gasteiger partial charge in [0.15, 0.2) is 5.96 Å². The minimum absolute atomic E-state index is 0.0710. The van der Waals surface area contributed by atoms with Crippen LogP contribution in [0.4, 0.5) is 5.69 Å². The van der Waals surface area contributed by atoms with Crippen LogP contribution in [0.1, 0.15) is 30.7 Å². The summed E-state index contributed by atoms with van der Waals surface area (Å²) in [5.41, 5.74) is 2.10. The Morgan fingerprint density at radius 2 is 2.11 bits per heavy atom. The molecule has 1 heterocycles. The predicted octanol–water partition coefficient (Wildman–Crippen LogP) is 1.39. The van der Waals surface area contributed by atoms with Gasteiger partial charge in [0.1, 0.15) is 0 Å². The van der Waals surface area contributed by atoms with Crippen molar-refractivity contribution in [2.24, 2.45) is 4.99 Å². The smallest absolute Gasteiger partial charge is 0.225 e. The summed E-state index contributed by atoms with van der Waals surface area (Å²) in [7, 11) is 3.53. The van der Waals surface area contributed by atoms with Crippen molar-refractivity contribution >= 4 is 17.6 Å². The van der Waals surface area contributed by atoms with Crippen LogP contribution in [-0.4, -0.2) is 69.8 Å². The Morgan fingerprint density at radius 1 is 1.30 bits per heavy atom. The normalized spacial score (nSPS) is 19.6. The standard InChI is InChI=1S/C20H31N5O2/c1-21-20(22-9-10-25(11-12-27-2)16-7-8-16)23-14-15-13-19(26)24-18-6-4-3-5-17(15)18/h3-6,15-16H,7-14H2,1-2H3,(H,24,26)(H2,21,22,23). The number of hydrogen-bond acceptors (Lipinski definition) is 4. The van der Waals surface area contributed by atoms with Gasteiger partial charge in [-0.1, -0.05) is 18.2 Å². The molecule has 1 aliphatic heterocycles. The van der Waals surface area contributed by atoms with Crippen molar-refractivity contribution in [1.29, 1.82) is 0 Å². The summed E-state index contributed by atoms with van der Waals surface area (Å²) in [6.45, 7) is 4.24. The zero-order chi connectivity index (χ0) is 19.1. The number of hydrogen-bond donors (Lipinski definition) is 3. The summed E-state index contributed by atoms with van der Waals surface area (Å²) in [6, 6.07) is 8.72. The minimum Gasteiger partial charge on any atom is -0.383 e. The average molecular weight is 374 g/mol. The molecule has 1 aromatic carbocycles. The van der Waals surface area contributed by atoms with Crippen LogP contribution in [0, 0.1) is 0 Å². The summed E-state index contributed by atoms with van der Waals surface area (Å²) in [5, 5.41) is 9.71. The molecule has 0 bridgehead atoms. The molecule has 0 radical (unpaired) electrons. The molecule has 7 nitrogen and oxygen atoms in total. The van der Waals surface area contributed by atoms with Crippen molar-refractivity contribution in [2.45, 2.75) is 31.2 Å². The van der Waals surface area contributed by atoms with E-state index in [1.165, 1.54) is 18.4 Å². The fraction of sp³-hybridized carbons (Fsp3) is 0.600. The van der Waals surface area contributed by atoms with Crippen LogP contribution in [0.2, 0.25) is 0 Å². The van der Waals surface area contributed by atoms with E-state index in [0.717, 1.165) is 37.9 Å². The van der Waals surface area contributed by atoms with E-state index >= 15 is 0 Å². The highest BCUT2D eigenvalue weighted by atomic mass is 16.5. The number of anilines is 1. The van der Waals surface area contributed by atoms with Crippen LogP contribution in [0.15, 0.2) is 29.3 Å². The van der Waals surface area contributed by atoms with E-state index < -0.39 is 0 Å². The number of rotatable bonds is 9. The van der Waals surface area contributed by atoms with Crippen LogP contribution in [0.3, 0.4) is 0 Å². The lowest BCUT2D eigenvalue weighted by molar-refractivity contribution is -0.116. The first-order valence-corrected chi connectivity index (χ1v) is 9.77. The highest BCUT2D eigenvalue weighted by Crippen LogP contribution is 2.31. The molecule has 0 aromatic heterocycles. The lowest BCUT2D eigenvalue weighted by Gasteiger charge is -2.26. The fourth-order valence-electron chi connectivity index (χ4n) is 3.57. The molecule has 1 saturated carbocycles. The molecule has 148 valence electrons. The Labute approximate surface area is 161 Å². The maximum absolute atomic E-state index is 12.0. The molecule has 3 rings (SSSR count). The number of para-hydroxylation sites is 1. The highest BCUT2D eigenvalue weighted by molar-refractivity contribution is 5.94. The van der Waals surface area contributed by atoms with Crippen molar-refractivity contribution in [2.75, 3.05) is 52.3 Å². The average Bonchev–Trinajstić information content (AvgIpc) is 3.51. The Balaban J connectivity index is 1.46. The third-order valence-electron chi connectivity index (χ3n) is 5.18. The molecule has 0 saturated heterocycles. The van der Waals surface area contributed by atoms with Crippen molar-refractivity contribution in [3.05, 3.63) is 29.8 Å². The predicted molar refractivity (Wildman–Crippen MR) is 108 cm³/mol. The summed E-state index contributed by atoms with van der Waals surface area (Å²) >= 11 is 0. The van der Waals surface area contributed by atoms with E-state index in [9.17, 15) is 4.79 Å². The summed E-state index contributed by atoms with van der Waals surface area (Å²) in [6.07, 6.45) is 3.08. The summed E-state index contributed by atoms with van der Waals surface area (Å²) in [5.74, 6) is 1.00. The first kappa shape index (κ1) is 19.6. The molecule has 2 aliphatic rings. The second kappa shape index (κ2) is 9.71. The van der Waals surface area contributed by atoms with Gasteiger partial charge in [-0.25, -0.2) is 0 Å². The molecule has 1 aliphatic carbocycles. The van der Waals surface area contributed by atoms with E-state index in [1.54, 1.807) is 14.2 Å². The number of fused-ring (bicyclic) bond motifs is 1. The van der Waals surface area contributed by atoms with Crippen molar-refractivity contribution in [1.82, 2.24) is 15.5 Å². The zero-order valence-corrected chi connectivity index (χ0v) is 16.3. The van der Waals surface area contributed by atoms with Crippen molar-refractivity contribution < 1.29 is 9.53 Å². The Bertz CT molecular complexity index is 660. The van der Waals surface area contributed by atoms with Gasteiger partial charge in [-0.05, 0) is 24.5 Å². The van der Waals surface area contributed by atoms with E-state index in [0.29, 0.717) is 19.0 Å². The number of aliphatic imine (C=N–C) groups is 1. The number of guanidine groups is 1. The van der Waals surface area contributed by atoms with Crippen LogP contribution in [0.5, 0.6) is 0 Å². The number of nitrogens with one attached hydrogen (secondary N) is 3. The molecular formula is C20H31N5O2. The number of carbonyl (C=O) groups is 1. The van der Waals surface area contributed by atoms with Gasteiger partial charge >= 0.3 is 0 Å². The molecule has 1 atom stereocenters. The largest absolute Gasteiger partial charge is 0.383 e. The second-order valence-corrected chi connectivity index (χ2v) is 7.18. The molecule has 1 amide bonds. The Morgan fingerprint density at radius 3 is 2.85 bits per heavy atom. The number of carbonyl (C=O) groups excluding carboxylic acids is 1. The van der Waals surface area contributed by atoms with Crippen LogP contribution >= 0.6 is 0 Å². The molecular weight excluding hydrogens is 342 g/mol. The summed E-state index contributed by atoms with van der Waals surface area (Å²) < 4.78 is 5.21. The number of methoxy groups -OCH3 is 1. The quantitative estimate of drug-likeness (QED) is 0.450. The molecule has 1 aromatic rings. The van der Waals surface area contributed by atoms with Gasteiger partial charge in [-0.3, -0.25) is 14.7 Å². The van der Waals surface area contributed by atoms with E-state index in [1.807, 2.05) is 18.2 Å². The van der Waals surface area contributed by atoms with Crippen LogP contribution in [0.25, 0.3) is 0 Å². The number of amides is 1. The third kappa shape index (κ3) is 5.68. The first-order chi connectivity index (χ1) is 13.2. The number of nitrogens with zero attached hydrogens (tertiary/aromatic N) is 2. The first-order valence-electron chi connectivity index (χ1n) is 9.77.